The molecule has 1 heterocycles. The number of aromatic carboxylic acids is 1. The number of benzene rings is 2. The number of carbonyl (C=O) groups is 1. The molecule has 3 aromatic rings. The summed E-state index contributed by atoms with van der Waals surface area (Å²) in [6, 6.07) is 10.5. The van der Waals surface area contributed by atoms with E-state index in [0.717, 1.165) is 6.26 Å². The highest BCUT2D eigenvalue weighted by Crippen LogP contribution is 2.33. The molecule has 0 saturated carbocycles. The minimum atomic E-state index is -3.41. The summed E-state index contributed by atoms with van der Waals surface area (Å²) in [5.74, 6) is -1.37. The molecule has 1 N–H and O–H groups in total. The lowest BCUT2D eigenvalue weighted by atomic mass is 9.96. The third-order valence-electron chi connectivity index (χ3n) is 5.02. The Hall–Kier alpha value is -2.61. The first-order valence-electron chi connectivity index (χ1n) is 9.24. The van der Waals surface area contributed by atoms with Gasteiger partial charge in [0, 0.05) is 29.6 Å². The van der Waals surface area contributed by atoms with Crippen LogP contribution in [0.1, 0.15) is 23.0 Å². The van der Waals surface area contributed by atoms with Crippen molar-refractivity contribution in [2.24, 2.45) is 0 Å². The smallest absolute Gasteiger partial charge is 0.341 e. The summed E-state index contributed by atoms with van der Waals surface area (Å²) in [5, 5.41) is 10.5. The van der Waals surface area contributed by atoms with E-state index in [9.17, 15) is 23.1 Å². The van der Waals surface area contributed by atoms with Crippen LogP contribution in [0.25, 0.3) is 22.4 Å². The summed E-state index contributed by atoms with van der Waals surface area (Å²) in [4.78, 5) is 25.6. The normalized spacial score (nSPS) is 11.5. The van der Waals surface area contributed by atoms with Gasteiger partial charge in [-0.1, -0.05) is 41.4 Å². The van der Waals surface area contributed by atoms with Gasteiger partial charge in [0.25, 0.3) is 0 Å². The van der Waals surface area contributed by atoms with Gasteiger partial charge in [-0.2, -0.15) is 0 Å². The molecule has 0 radical (unpaired) electrons. The predicted octanol–water partition coefficient (Wildman–Crippen LogP) is 4.92. The van der Waals surface area contributed by atoms with Crippen molar-refractivity contribution < 1.29 is 18.3 Å². The Labute approximate surface area is 189 Å². The van der Waals surface area contributed by atoms with Crippen LogP contribution in [0.3, 0.4) is 0 Å². The van der Waals surface area contributed by atoms with Crippen molar-refractivity contribution in [2.75, 3.05) is 6.26 Å². The Kier molecular flexibility index (Phi) is 6.32. The van der Waals surface area contributed by atoms with Crippen LogP contribution in [-0.2, 0) is 16.4 Å². The lowest BCUT2D eigenvalue weighted by Crippen LogP contribution is -2.25. The lowest BCUT2D eigenvalue weighted by molar-refractivity contribution is 0.0695. The molecule has 0 amide bonds. The Balaban J connectivity index is 2.39. The first kappa shape index (κ1) is 23.1. The van der Waals surface area contributed by atoms with Crippen LogP contribution in [-0.4, -0.2) is 30.3 Å². The maximum absolute atomic E-state index is 13.4. The predicted molar refractivity (Wildman–Crippen MR) is 122 cm³/mol. The second kappa shape index (κ2) is 8.49. The van der Waals surface area contributed by atoms with Crippen molar-refractivity contribution in [3.05, 3.63) is 74.0 Å². The van der Waals surface area contributed by atoms with E-state index in [1.807, 2.05) is 6.92 Å². The Morgan fingerprint density at radius 3 is 2.10 bits per heavy atom. The van der Waals surface area contributed by atoms with Gasteiger partial charge in [-0.3, -0.25) is 4.79 Å². The van der Waals surface area contributed by atoms with Gasteiger partial charge in [-0.15, -0.1) is 0 Å². The van der Waals surface area contributed by atoms with E-state index < -0.39 is 26.8 Å². The van der Waals surface area contributed by atoms with Crippen molar-refractivity contribution >= 4 is 39.0 Å². The zero-order chi connectivity index (χ0) is 23.1. The molecule has 31 heavy (non-hydrogen) atoms. The van der Waals surface area contributed by atoms with Gasteiger partial charge in [0.15, 0.2) is 9.84 Å². The second-order valence-corrected chi connectivity index (χ2v) is 9.82. The van der Waals surface area contributed by atoms with E-state index in [-0.39, 0.29) is 21.2 Å². The molecule has 0 fully saturated rings. The Morgan fingerprint density at radius 2 is 1.61 bits per heavy atom. The first-order chi connectivity index (χ1) is 14.5. The molecule has 0 atom stereocenters. The number of aromatic nitrogens is 1. The molecule has 0 unspecified atom stereocenters. The quantitative estimate of drug-likeness (QED) is 0.560. The van der Waals surface area contributed by atoms with Crippen molar-refractivity contribution in [1.29, 1.82) is 0 Å². The number of sulfone groups is 1. The molecule has 1 aromatic heterocycles. The summed E-state index contributed by atoms with van der Waals surface area (Å²) in [6.45, 7) is 3.94. The van der Waals surface area contributed by atoms with E-state index in [2.05, 4.69) is 0 Å². The average molecular weight is 480 g/mol. The van der Waals surface area contributed by atoms with Crippen LogP contribution in [0, 0.1) is 6.92 Å². The topological polar surface area (TPSA) is 93.4 Å². The number of carboxylic acid groups (broad SMARTS) is 1. The Morgan fingerprint density at radius 1 is 1.03 bits per heavy atom. The average Bonchev–Trinajstić information content (AvgIpc) is 2.69. The molecule has 162 valence electrons. The van der Waals surface area contributed by atoms with Crippen LogP contribution in [0.4, 0.5) is 0 Å². The van der Waals surface area contributed by atoms with Gasteiger partial charge in [0.1, 0.15) is 5.56 Å². The van der Waals surface area contributed by atoms with Crippen LogP contribution in [0.2, 0.25) is 10.0 Å². The fourth-order valence-electron chi connectivity index (χ4n) is 3.58. The van der Waals surface area contributed by atoms with Gasteiger partial charge in [0.05, 0.1) is 20.6 Å². The molecular weight excluding hydrogens is 461 g/mol. The van der Waals surface area contributed by atoms with Gasteiger partial charge >= 0.3 is 5.97 Å². The summed E-state index contributed by atoms with van der Waals surface area (Å²) >= 11 is 12.1. The summed E-state index contributed by atoms with van der Waals surface area (Å²) in [5.41, 5.74) is 0.797. The van der Waals surface area contributed by atoms with Crippen LogP contribution < -0.4 is 5.43 Å². The van der Waals surface area contributed by atoms with E-state index in [1.54, 1.807) is 23.6 Å². The molecule has 0 saturated heterocycles. The summed E-state index contributed by atoms with van der Waals surface area (Å²) < 4.78 is 25.2. The van der Waals surface area contributed by atoms with Gasteiger partial charge in [0.2, 0.25) is 5.43 Å². The highest BCUT2D eigenvalue weighted by Gasteiger charge is 2.26. The van der Waals surface area contributed by atoms with E-state index in [0.29, 0.717) is 28.4 Å². The van der Waals surface area contributed by atoms with Crippen molar-refractivity contribution in [3.8, 4) is 22.4 Å². The molecule has 0 aliphatic rings. The highest BCUT2D eigenvalue weighted by atomic mass is 35.5. The fraction of sp³-hybridized carbons (Fsp3) is 0.182. The zero-order valence-corrected chi connectivity index (χ0v) is 19.3. The molecule has 6 nitrogen and oxygen atoms in total. The number of hydrogen-bond donors (Lipinski definition) is 1. The standard InChI is InChI=1S/C22H19Cl2NO5S/c1-4-25-12(2)18(13-5-8-15(9-6-13)31(3,29)30)21(26)19(22(27)28)20(25)14-7-10-16(23)17(24)11-14/h5-11H,4H2,1-3H3,(H,27,28). The Bertz CT molecular complexity index is 1360. The van der Waals surface area contributed by atoms with Crippen LogP contribution in [0.5, 0.6) is 0 Å². The maximum atomic E-state index is 13.4. The van der Waals surface area contributed by atoms with E-state index >= 15 is 0 Å². The molecule has 0 spiro atoms. The number of pyridine rings is 1. The lowest BCUT2D eigenvalue weighted by Gasteiger charge is -2.21. The molecule has 0 aliphatic heterocycles. The zero-order valence-electron chi connectivity index (χ0n) is 16.9. The minimum Gasteiger partial charge on any atom is -0.477 e. The van der Waals surface area contributed by atoms with Crippen molar-refractivity contribution in [3.63, 3.8) is 0 Å². The largest absolute Gasteiger partial charge is 0.477 e. The maximum Gasteiger partial charge on any atom is 0.341 e. The molecule has 9 heteroatoms. The van der Waals surface area contributed by atoms with Gasteiger partial charge in [-0.25, -0.2) is 13.2 Å². The highest BCUT2D eigenvalue weighted by molar-refractivity contribution is 7.90. The third-order valence-corrected chi connectivity index (χ3v) is 6.89. The van der Waals surface area contributed by atoms with Crippen molar-refractivity contribution in [2.45, 2.75) is 25.3 Å². The molecule has 0 bridgehead atoms. The van der Waals surface area contributed by atoms with Crippen LogP contribution in [0.15, 0.2) is 52.2 Å². The monoisotopic (exact) mass is 479 g/mol. The number of carboxylic acids is 1. The number of nitrogens with zero attached hydrogens (tertiary/aromatic N) is 1. The van der Waals surface area contributed by atoms with Crippen LogP contribution >= 0.6 is 23.2 Å². The van der Waals surface area contributed by atoms with E-state index in [4.69, 9.17) is 23.2 Å². The van der Waals surface area contributed by atoms with E-state index in [1.165, 1.54) is 30.3 Å². The van der Waals surface area contributed by atoms with Gasteiger partial charge in [-0.05, 0) is 43.7 Å². The van der Waals surface area contributed by atoms with Gasteiger partial charge < -0.3 is 9.67 Å². The fourth-order valence-corrected chi connectivity index (χ4v) is 4.51. The SMILES string of the molecule is CCn1c(C)c(-c2ccc(S(C)(=O)=O)cc2)c(=O)c(C(=O)O)c1-c1ccc(Cl)c(Cl)c1. The van der Waals surface area contributed by atoms with Crippen molar-refractivity contribution in [1.82, 2.24) is 4.57 Å². The number of rotatable bonds is 5. The number of halogens is 2. The molecule has 3 rings (SSSR count). The number of hydrogen-bond acceptors (Lipinski definition) is 4. The minimum absolute atomic E-state index is 0.107. The third kappa shape index (κ3) is 4.26. The second-order valence-electron chi connectivity index (χ2n) is 6.99. The summed E-state index contributed by atoms with van der Waals surface area (Å²) in [7, 11) is -3.41. The summed E-state index contributed by atoms with van der Waals surface area (Å²) in [6.07, 6.45) is 1.09. The molecule has 0 aliphatic carbocycles. The first-order valence-corrected chi connectivity index (χ1v) is 11.9. The molecule has 2 aromatic carbocycles. The molecular formula is C22H19Cl2NO5S.